The molecule has 14 heavy (non-hydrogen) atoms. The van der Waals surface area contributed by atoms with Crippen LogP contribution in [0.5, 0.6) is 0 Å². The number of anilines is 1. The second kappa shape index (κ2) is 3.42. The summed E-state index contributed by atoms with van der Waals surface area (Å²) in [4.78, 5) is 0. The Kier molecular flexibility index (Phi) is 2.39. The smallest absolute Gasteiger partial charge is 0.105 e. The number of nitrogens with two attached hydrogens (primary N) is 1. The highest BCUT2D eigenvalue weighted by Gasteiger charge is 2.34. The molecule has 4 heteroatoms. The highest BCUT2D eigenvalue weighted by Crippen LogP contribution is 2.32. The summed E-state index contributed by atoms with van der Waals surface area (Å²) in [6, 6.07) is 5.22. The zero-order chi connectivity index (χ0) is 10.2. The van der Waals surface area contributed by atoms with Crippen LogP contribution in [-0.4, -0.2) is 18.2 Å². The molecule has 0 aliphatic carbocycles. The standard InChI is InChI=1S/C10H13ClN2O/c11-7-1-2-8(9(12)5-7)10(14)3-4-13-6-10/h1-2,5,13-14H,3-4,6,12H2. The van der Waals surface area contributed by atoms with Crippen molar-refractivity contribution in [2.24, 2.45) is 0 Å². The number of benzene rings is 1. The van der Waals surface area contributed by atoms with Crippen molar-refractivity contribution >= 4 is 17.3 Å². The molecule has 1 heterocycles. The predicted octanol–water partition coefficient (Wildman–Crippen LogP) is 1.10. The fourth-order valence-electron chi connectivity index (χ4n) is 1.87. The molecule has 1 fully saturated rings. The summed E-state index contributed by atoms with van der Waals surface area (Å²) in [6.45, 7) is 1.37. The molecule has 4 N–H and O–H groups in total. The first-order chi connectivity index (χ1) is 6.62. The predicted molar refractivity (Wildman–Crippen MR) is 57.2 cm³/mol. The topological polar surface area (TPSA) is 58.3 Å². The minimum atomic E-state index is -0.825. The van der Waals surface area contributed by atoms with Gasteiger partial charge in [-0.25, -0.2) is 0 Å². The Bertz CT molecular complexity index is 348. The lowest BCUT2D eigenvalue weighted by Gasteiger charge is -2.23. The third-order valence-electron chi connectivity index (χ3n) is 2.65. The molecule has 0 amide bonds. The second-order valence-corrected chi connectivity index (χ2v) is 4.13. The van der Waals surface area contributed by atoms with Crippen LogP contribution in [0.2, 0.25) is 5.02 Å². The molecule has 0 saturated carbocycles. The maximum atomic E-state index is 10.2. The number of hydrogen-bond acceptors (Lipinski definition) is 3. The highest BCUT2D eigenvalue weighted by molar-refractivity contribution is 6.30. The van der Waals surface area contributed by atoms with Gasteiger partial charge in [-0.05, 0) is 25.1 Å². The molecule has 0 radical (unpaired) electrons. The molecule has 2 rings (SSSR count). The molecule has 76 valence electrons. The van der Waals surface area contributed by atoms with Gasteiger partial charge >= 0.3 is 0 Å². The summed E-state index contributed by atoms with van der Waals surface area (Å²) >= 11 is 5.79. The average Bonchev–Trinajstić information content (AvgIpc) is 2.52. The lowest BCUT2D eigenvalue weighted by atomic mass is 9.92. The van der Waals surface area contributed by atoms with Crippen LogP contribution in [0.25, 0.3) is 0 Å². The molecule has 1 atom stereocenters. The van der Waals surface area contributed by atoms with Gasteiger partial charge in [-0.2, -0.15) is 0 Å². The Hall–Kier alpha value is -0.770. The fraction of sp³-hybridized carbons (Fsp3) is 0.400. The van der Waals surface area contributed by atoms with E-state index >= 15 is 0 Å². The van der Waals surface area contributed by atoms with E-state index in [0.29, 0.717) is 23.7 Å². The van der Waals surface area contributed by atoms with Crippen LogP contribution >= 0.6 is 11.6 Å². The number of halogens is 1. The van der Waals surface area contributed by atoms with E-state index in [4.69, 9.17) is 17.3 Å². The quantitative estimate of drug-likeness (QED) is 0.612. The maximum absolute atomic E-state index is 10.2. The van der Waals surface area contributed by atoms with E-state index < -0.39 is 5.60 Å². The molecule has 1 aliphatic rings. The lowest BCUT2D eigenvalue weighted by molar-refractivity contribution is 0.0595. The van der Waals surface area contributed by atoms with Crippen molar-refractivity contribution in [3.63, 3.8) is 0 Å². The molecule has 0 spiro atoms. The number of nitrogens with one attached hydrogen (secondary N) is 1. The first kappa shape index (κ1) is 9.77. The minimum Gasteiger partial charge on any atom is -0.398 e. The van der Waals surface area contributed by atoms with Gasteiger partial charge in [-0.15, -0.1) is 0 Å². The van der Waals surface area contributed by atoms with Crippen LogP contribution in [0.1, 0.15) is 12.0 Å². The molecular formula is C10H13ClN2O. The first-order valence-electron chi connectivity index (χ1n) is 4.60. The molecule has 1 aliphatic heterocycles. The van der Waals surface area contributed by atoms with Crippen molar-refractivity contribution in [1.82, 2.24) is 5.32 Å². The third-order valence-corrected chi connectivity index (χ3v) is 2.88. The van der Waals surface area contributed by atoms with Gasteiger partial charge in [0.1, 0.15) is 5.60 Å². The fourth-order valence-corrected chi connectivity index (χ4v) is 2.05. The van der Waals surface area contributed by atoms with Crippen molar-refractivity contribution in [2.45, 2.75) is 12.0 Å². The van der Waals surface area contributed by atoms with E-state index in [-0.39, 0.29) is 0 Å². The normalized spacial score (nSPS) is 26.7. The molecule has 0 aromatic heterocycles. The van der Waals surface area contributed by atoms with Crippen molar-refractivity contribution in [1.29, 1.82) is 0 Å². The Balaban J connectivity index is 2.40. The van der Waals surface area contributed by atoms with Crippen LogP contribution in [0, 0.1) is 0 Å². The minimum absolute atomic E-state index is 0.554. The summed E-state index contributed by atoms with van der Waals surface area (Å²) in [5.74, 6) is 0. The zero-order valence-electron chi connectivity index (χ0n) is 7.76. The average molecular weight is 213 g/mol. The summed E-state index contributed by atoms with van der Waals surface area (Å²) in [5, 5.41) is 14.0. The molecular weight excluding hydrogens is 200 g/mol. The van der Waals surface area contributed by atoms with E-state index in [1.807, 2.05) is 0 Å². The summed E-state index contributed by atoms with van der Waals surface area (Å²) < 4.78 is 0. The van der Waals surface area contributed by atoms with Crippen molar-refractivity contribution < 1.29 is 5.11 Å². The van der Waals surface area contributed by atoms with E-state index in [9.17, 15) is 5.11 Å². The SMILES string of the molecule is Nc1cc(Cl)ccc1C1(O)CCNC1. The Morgan fingerprint density at radius 1 is 1.50 bits per heavy atom. The van der Waals surface area contributed by atoms with E-state index in [0.717, 1.165) is 12.1 Å². The summed E-state index contributed by atoms with van der Waals surface area (Å²) in [7, 11) is 0. The van der Waals surface area contributed by atoms with Gasteiger partial charge in [0.25, 0.3) is 0 Å². The van der Waals surface area contributed by atoms with E-state index in [1.54, 1.807) is 18.2 Å². The molecule has 1 unspecified atom stereocenters. The summed E-state index contributed by atoms with van der Waals surface area (Å²) in [5.41, 5.74) is 6.32. The molecule has 1 aromatic rings. The number of rotatable bonds is 1. The van der Waals surface area contributed by atoms with E-state index in [1.165, 1.54) is 0 Å². The van der Waals surface area contributed by atoms with Gasteiger partial charge < -0.3 is 16.2 Å². The van der Waals surface area contributed by atoms with Crippen molar-refractivity contribution in [2.75, 3.05) is 18.8 Å². The monoisotopic (exact) mass is 212 g/mol. The third kappa shape index (κ3) is 1.59. The zero-order valence-corrected chi connectivity index (χ0v) is 8.51. The Labute approximate surface area is 87.9 Å². The van der Waals surface area contributed by atoms with Gasteiger partial charge in [-0.3, -0.25) is 0 Å². The molecule has 1 aromatic carbocycles. The van der Waals surface area contributed by atoms with E-state index in [2.05, 4.69) is 5.32 Å². The van der Waals surface area contributed by atoms with Crippen LogP contribution in [0.3, 0.4) is 0 Å². The Morgan fingerprint density at radius 3 is 2.86 bits per heavy atom. The number of β-amino-alcohol motifs (C(OH)–C–C–N with tert-alkyl or cyclic N) is 1. The highest BCUT2D eigenvalue weighted by atomic mass is 35.5. The van der Waals surface area contributed by atoms with Gasteiger partial charge in [0.2, 0.25) is 0 Å². The van der Waals surface area contributed by atoms with Gasteiger partial charge in [0, 0.05) is 22.8 Å². The maximum Gasteiger partial charge on any atom is 0.105 e. The number of aliphatic hydroxyl groups is 1. The van der Waals surface area contributed by atoms with Crippen LogP contribution < -0.4 is 11.1 Å². The van der Waals surface area contributed by atoms with Crippen LogP contribution in [-0.2, 0) is 5.60 Å². The van der Waals surface area contributed by atoms with Crippen LogP contribution in [0.15, 0.2) is 18.2 Å². The lowest BCUT2D eigenvalue weighted by Crippen LogP contribution is -2.29. The summed E-state index contributed by atoms with van der Waals surface area (Å²) in [6.07, 6.45) is 0.693. The largest absolute Gasteiger partial charge is 0.398 e. The van der Waals surface area contributed by atoms with Crippen LogP contribution in [0.4, 0.5) is 5.69 Å². The van der Waals surface area contributed by atoms with Gasteiger partial charge in [-0.1, -0.05) is 17.7 Å². The molecule has 0 bridgehead atoms. The molecule has 3 nitrogen and oxygen atoms in total. The van der Waals surface area contributed by atoms with Crippen molar-refractivity contribution in [3.8, 4) is 0 Å². The number of hydrogen-bond donors (Lipinski definition) is 3. The number of nitrogen functional groups attached to an aromatic ring is 1. The Morgan fingerprint density at radius 2 is 2.29 bits per heavy atom. The van der Waals surface area contributed by atoms with Crippen molar-refractivity contribution in [3.05, 3.63) is 28.8 Å². The van der Waals surface area contributed by atoms with Gasteiger partial charge in [0.05, 0.1) is 0 Å². The first-order valence-corrected chi connectivity index (χ1v) is 4.98. The molecule has 1 saturated heterocycles. The van der Waals surface area contributed by atoms with Gasteiger partial charge in [0.15, 0.2) is 0 Å². The second-order valence-electron chi connectivity index (χ2n) is 3.69.